The Morgan fingerprint density at radius 3 is 2.44 bits per heavy atom. The molecule has 1 unspecified atom stereocenters. The smallest absolute Gasteiger partial charge is 0.372 e. The quantitative estimate of drug-likeness (QED) is 0.561. The SMILES string of the molecule is CCC1=C(C)OS(=O)O1. The molecule has 1 aliphatic rings. The van der Waals surface area contributed by atoms with Gasteiger partial charge in [-0.2, -0.15) is 4.21 Å². The van der Waals surface area contributed by atoms with Gasteiger partial charge in [0.25, 0.3) is 0 Å². The van der Waals surface area contributed by atoms with Crippen LogP contribution in [-0.4, -0.2) is 4.21 Å². The molecular formula is C5H8O3S. The summed E-state index contributed by atoms with van der Waals surface area (Å²) in [5.41, 5.74) is 0. The third-order valence-electron chi connectivity index (χ3n) is 1.08. The Kier molecular flexibility index (Phi) is 1.75. The third-order valence-corrected chi connectivity index (χ3v) is 1.80. The van der Waals surface area contributed by atoms with Crippen LogP contribution in [0.15, 0.2) is 11.5 Å². The van der Waals surface area contributed by atoms with Gasteiger partial charge in [0.15, 0.2) is 11.5 Å². The van der Waals surface area contributed by atoms with Crippen molar-refractivity contribution in [3.63, 3.8) is 0 Å². The summed E-state index contributed by atoms with van der Waals surface area (Å²) in [4.78, 5) is 0. The van der Waals surface area contributed by atoms with E-state index in [-0.39, 0.29) is 0 Å². The molecule has 3 nitrogen and oxygen atoms in total. The van der Waals surface area contributed by atoms with Crippen LogP contribution in [0.1, 0.15) is 20.3 Å². The van der Waals surface area contributed by atoms with Crippen LogP contribution >= 0.6 is 0 Å². The summed E-state index contributed by atoms with van der Waals surface area (Å²) in [6, 6.07) is 0. The molecule has 52 valence electrons. The predicted octanol–water partition coefficient (Wildman–Crippen LogP) is 1.25. The number of hydrogen-bond acceptors (Lipinski definition) is 3. The highest BCUT2D eigenvalue weighted by atomic mass is 32.2. The summed E-state index contributed by atoms with van der Waals surface area (Å²) in [6.07, 6.45) is 0.734. The van der Waals surface area contributed by atoms with Crippen LogP contribution in [0.2, 0.25) is 0 Å². The Morgan fingerprint density at radius 2 is 2.22 bits per heavy atom. The van der Waals surface area contributed by atoms with Gasteiger partial charge in [0.1, 0.15) is 0 Å². The van der Waals surface area contributed by atoms with Crippen molar-refractivity contribution in [1.82, 2.24) is 0 Å². The molecule has 0 fully saturated rings. The summed E-state index contributed by atoms with van der Waals surface area (Å²) < 4.78 is 19.9. The van der Waals surface area contributed by atoms with Crippen molar-refractivity contribution in [1.29, 1.82) is 0 Å². The molecule has 1 aliphatic heterocycles. The molecule has 4 heteroatoms. The minimum atomic E-state index is -1.56. The minimum absolute atomic E-state index is 0.635. The van der Waals surface area contributed by atoms with Crippen LogP contribution < -0.4 is 0 Å². The maximum Gasteiger partial charge on any atom is 0.417 e. The Morgan fingerprint density at radius 1 is 1.56 bits per heavy atom. The van der Waals surface area contributed by atoms with Crippen molar-refractivity contribution in [3.8, 4) is 0 Å². The second kappa shape index (κ2) is 2.39. The summed E-state index contributed by atoms with van der Waals surface area (Å²) in [5, 5.41) is 0. The van der Waals surface area contributed by atoms with Crippen LogP contribution in [0.4, 0.5) is 0 Å². The molecule has 1 atom stereocenters. The molecule has 0 aromatic carbocycles. The average Bonchev–Trinajstić information content (AvgIpc) is 2.10. The van der Waals surface area contributed by atoms with E-state index in [4.69, 9.17) is 8.37 Å². The van der Waals surface area contributed by atoms with Crippen LogP contribution in [-0.2, 0) is 19.7 Å². The number of allylic oxidation sites excluding steroid dienone is 2. The first-order valence-corrected chi connectivity index (χ1v) is 3.72. The lowest BCUT2D eigenvalue weighted by Crippen LogP contribution is -1.86. The van der Waals surface area contributed by atoms with Crippen LogP contribution in [0.25, 0.3) is 0 Å². The highest BCUT2D eigenvalue weighted by Gasteiger charge is 2.18. The molecule has 0 amide bonds. The number of hydrogen-bond donors (Lipinski definition) is 0. The zero-order chi connectivity index (χ0) is 6.85. The first-order valence-electron chi connectivity index (χ1n) is 2.72. The molecule has 1 heterocycles. The van der Waals surface area contributed by atoms with E-state index in [0.717, 1.165) is 6.42 Å². The van der Waals surface area contributed by atoms with Gasteiger partial charge in [-0.25, -0.2) is 0 Å². The fourth-order valence-corrected chi connectivity index (χ4v) is 1.34. The first-order chi connectivity index (χ1) is 4.24. The zero-order valence-corrected chi connectivity index (χ0v) is 6.16. The first kappa shape index (κ1) is 6.61. The van der Waals surface area contributed by atoms with Gasteiger partial charge in [-0.1, -0.05) is 6.92 Å². The topological polar surface area (TPSA) is 35.5 Å². The second-order valence-corrected chi connectivity index (χ2v) is 2.45. The lowest BCUT2D eigenvalue weighted by Gasteiger charge is -1.89. The van der Waals surface area contributed by atoms with E-state index in [1.807, 2.05) is 6.92 Å². The van der Waals surface area contributed by atoms with Crippen molar-refractivity contribution < 1.29 is 12.6 Å². The van der Waals surface area contributed by atoms with Gasteiger partial charge in [0.2, 0.25) is 0 Å². The molecule has 0 bridgehead atoms. The van der Waals surface area contributed by atoms with E-state index in [2.05, 4.69) is 0 Å². The van der Waals surface area contributed by atoms with E-state index < -0.39 is 11.4 Å². The molecule has 0 aromatic heterocycles. The summed E-state index contributed by atoms with van der Waals surface area (Å²) >= 11 is -1.56. The monoisotopic (exact) mass is 148 g/mol. The maximum absolute atomic E-state index is 10.4. The van der Waals surface area contributed by atoms with E-state index in [1.165, 1.54) is 0 Å². The fourth-order valence-electron chi connectivity index (χ4n) is 0.614. The van der Waals surface area contributed by atoms with E-state index >= 15 is 0 Å². The highest BCUT2D eigenvalue weighted by Crippen LogP contribution is 2.21. The molecule has 0 aromatic rings. The Balaban J connectivity index is 2.69. The molecule has 0 radical (unpaired) electrons. The van der Waals surface area contributed by atoms with Gasteiger partial charge in [-0.3, -0.25) is 0 Å². The maximum atomic E-state index is 10.4. The lowest BCUT2D eigenvalue weighted by atomic mass is 10.3. The van der Waals surface area contributed by atoms with Gasteiger partial charge < -0.3 is 8.37 Å². The van der Waals surface area contributed by atoms with Crippen LogP contribution in [0.3, 0.4) is 0 Å². The Labute approximate surface area is 56.5 Å². The Bertz CT molecular complexity index is 173. The highest BCUT2D eigenvalue weighted by molar-refractivity contribution is 7.75. The number of rotatable bonds is 1. The van der Waals surface area contributed by atoms with Gasteiger partial charge in [0.05, 0.1) is 0 Å². The van der Waals surface area contributed by atoms with Crippen molar-refractivity contribution in [3.05, 3.63) is 11.5 Å². The average molecular weight is 148 g/mol. The largest absolute Gasteiger partial charge is 0.417 e. The van der Waals surface area contributed by atoms with Gasteiger partial charge in [-0.05, 0) is 6.92 Å². The molecule has 1 rings (SSSR count). The molecule has 0 saturated carbocycles. The Hall–Kier alpha value is -0.510. The molecule has 0 aliphatic carbocycles. The van der Waals surface area contributed by atoms with E-state index in [1.54, 1.807) is 6.92 Å². The van der Waals surface area contributed by atoms with Crippen LogP contribution in [0, 0.1) is 0 Å². The van der Waals surface area contributed by atoms with Gasteiger partial charge in [-0.15, -0.1) is 0 Å². The molecular weight excluding hydrogens is 140 g/mol. The lowest BCUT2D eigenvalue weighted by molar-refractivity contribution is 0.418. The molecule has 9 heavy (non-hydrogen) atoms. The predicted molar refractivity (Wildman–Crippen MR) is 33.3 cm³/mol. The third kappa shape index (κ3) is 1.24. The normalized spacial score (nSPS) is 25.8. The van der Waals surface area contributed by atoms with Crippen LogP contribution in [0.5, 0.6) is 0 Å². The minimum Gasteiger partial charge on any atom is -0.372 e. The van der Waals surface area contributed by atoms with E-state index in [9.17, 15) is 4.21 Å². The van der Waals surface area contributed by atoms with Gasteiger partial charge in [0, 0.05) is 6.42 Å². The summed E-state index contributed by atoms with van der Waals surface area (Å²) in [5.74, 6) is 1.32. The second-order valence-electron chi connectivity index (χ2n) is 1.70. The summed E-state index contributed by atoms with van der Waals surface area (Å²) in [7, 11) is 0. The summed E-state index contributed by atoms with van der Waals surface area (Å²) in [6.45, 7) is 3.66. The zero-order valence-electron chi connectivity index (χ0n) is 5.34. The molecule has 0 N–H and O–H groups in total. The van der Waals surface area contributed by atoms with Crippen molar-refractivity contribution in [2.45, 2.75) is 20.3 Å². The van der Waals surface area contributed by atoms with E-state index in [0.29, 0.717) is 11.5 Å². The standard InChI is InChI=1S/C5H8O3S/c1-3-5-4(2)7-9(6)8-5/h3H2,1-2H3. The molecule has 0 saturated heterocycles. The van der Waals surface area contributed by atoms with Crippen molar-refractivity contribution in [2.75, 3.05) is 0 Å². The molecule has 0 spiro atoms. The van der Waals surface area contributed by atoms with Gasteiger partial charge >= 0.3 is 11.4 Å². The van der Waals surface area contributed by atoms with Crippen molar-refractivity contribution >= 4 is 11.4 Å². The van der Waals surface area contributed by atoms with Crippen molar-refractivity contribution in [2.24, 2.45) is 0 Å². The fraction of sp³-hybridized carbons (Fsp3) is 0.600.